The second kappa shape index (κ2) is 5.63. The van der Waals surface area contributed by atoms with Crippen LogP contribution in [0.4, 0.5) is 5.69 Å². The van der Waals surface area contributed by atoms with E-state index in [1.165, 1.54) is 11.3 Å². The second-order valence-corrected chi connectivity index (χ2v) is 5.33. The molecule has 20 heavy (non-hydrogen) atoms. The van der Waals surface area contributed by atoms with E-state index in [1.807, 2.05) is 0 Å². The molecule has 0 radical (unpaired) electrons. The average Bonchev–Trinajstić information content (AvgIpc) is 2.88. The van der Waals surface area contributed by atoms with Gasteiger partial charge in [-0.15, -0.1) is 10.2 Å². The molecular formula is C15H20N4O. The lowest BCUT2D eigenvalue weighted by Crippen LogP contribution is -2.20. The highest BCUT2D eigenvalue weighted by Crippen LogP contribution is 2.24. The molecule has 1 aliphatic rings. The van der Waals surface area contributed by atoms with Crippen LogP contribution in [0.25, 0.3) is 0 Å². The van der Waals surface area contributed by atoms with Crippen LogP contribution >= 0.6 is 0 Å². The van der Waals surface area contributed by atoms with Crippen molar-refractivity contribution in [3.05, 3.63) is 41.5 Å². The summed E-state index contributed by atoms with van der Waals surface area (Å²) in [7, 11) is 0. The molecule has 0 bridgehead atoms. The summed E-state index contributed by atoms with van der Waals surface area (Å²) in [6.07, 6.45) is 0. The number of rotatable bonds is 4. The van der Waals surface area contributed by atoms with Gasteiger partial charge < -0.3 is 14.6 Å². The van der Waals surface area contributed by atoms with Gasteiger partial charge in [-0.25, -0.2) is 0 Å². The van der Waals surface area contributed by atoms with Crippen LogP contribution in [0.5, 0.6) is 0 Å². The Morgan fingerprint density at radius 1 is 1.30 bits per heavy atom. The van der Waals surface area contributed by atoms with Gasteiger partial charge in [-0.2, -0.15) is 0 Å². The highest BCUT2D eigenvalue weighted by Gasteiger charge is 2.16. The molecule has 1 N–H and O–H groups in total. The van der Waals surface area contributed by atoms with Crippen molar-refractivity contribution in [2.45, 2.75) is 39.5 Å². The average molecular weight is 272 g/mol. The predicted molar refractivity (Wildman–Crippen MR) is 77.5 cm³/mol. The fourth-order valence-corrected chi connectivity index (χ4v) is 2.52. The lowest BCUT2D eigenvalue weighted by molar-refractivity contribution is 0.0807. The minimum absolute atomic E-state index is 0.499. The van der Waals surface area contributed by atoms with Crippen molar-refractivity contribution >= 4 is 5.69 Å². The number of anilines is 1. The molecule has 0 unspecified atom stereocenters. The predicted octanol–water partition coefficient (Wildman–Crippen LogP) is 2.54. The summed E-state index contributed by atoms with van der Waals surface area (Å²) < 4.78 is 7.53. The zero-order valence-electron chi connectivity index (χ0n) is 12.0. The molecule has 2 aromatic rings. The van der Waals surface area contributed by atoms with Gasteiger partial charge in [0, 0.05) is 12.2 Å². The van der Waals surface area contributed by atoms with E-state index >= 15 is 0 Å². The van der Waals surface area contributed by atoms with E-state index in [0.717, 1.165) is 24.8 Å². The summed E-state index contributed by atoms with van der Waals surface area (Å²) in [5, 5.41) is 11.9. The first-order valence-electron chi connectivity index (χ1n) is 7.07. The van der Waals surface area contributed by atoms with E-state index in [9.17, 15) is 0 Å². The number of hydrogen-bond acceptors (Lipinski definition) is 4. The van der Waals surface area contributed by atoms with Crippen LogP contribution in [0.3, 0.4) is 0 Å². The van der Waals surface area contributed by atoms with Crippen molar-refractivity contribution in [1.29, 1.82) is 0 Å². The van der Waals surface area contributed by atoms with Crippen LogP contribution < -0.4 is 5.32 Å². The van der Waals surface area contributed by atoms with E-state index in [2.05, 4.69) is 58.2 Å². The Kier molecular flexibility index (Phi) is 3.69. The summed E-state index contributed by atoms with van der Waals surface area (Å²) in [4.78, 5) is 0. The van der Waals surface area contributed by atoms with Crippen molar-refractivity contribution in [1.82, 2.24) is 14.8 Å². The van der Waals surface area contributed by atoms with Crippen LogP contribution in [0.2, 0.25) is 0 Å². The number of ether oxygens (including phenoxy) is 1. The Balaban J connectivity index is 1.75. The number of para-hydroxylation sites is 1. The number of aromatic nitrogens is 3. The molecule has 0 fully saturated rings. The molecule has 0 saturated heterocycles. The second-order valence-electron chi connectivity index (χ2n) is 5.33. The zero-order chi connectivity index (χ0) is 13.9. The topological polar surface area (TPSA) is 52.0 Å². The molecule has 0 amide bonds. The van der Waals surface area contributed by atoms with Gasteiger partial charge in [0.1, 0.15) is 6.61 Å². The molecule has 0 aliphatic carbocycles. The number of nitrogens with one attached hydrogen (secondary N) is 1. The normalized spacial score (nSPS) is 14.3. The Hall–Kier alpha value is -1.88. The summed E-state index contributed by atoms with van der Waals surface area (Å²) in [6.45, 7) is 7.24. The Morgan fingerprint density at radius 3 is 3.00 bits per heavy atom. The van der Waals surface area contributed by atoms with Crippen molar-refractivity contribution in [2.75, 3.05) is 11.9 Å². The third-order valence-electron chi connectivity index (χ3n) is 3.61. The van der Waals surface area contributed by atoms with Crippen molar-refractivity contribution in [3.8, 4) is 0 Å². The molecular weight excluding hydrogens is 252 g/mol. The molecule has 0 spiro atoms. The monoisotopic (exact) mass is 272 g/mol. The van der Waals surface area contributed by atoms with Gasteiger partial charge in [-0.05, 0) is 17.5 Å². The van der Waals surface area contributed by atoms with Crippen molar-refractivity contribution < 1.29 is 4.74 Å². The fraction of sp³-hybridized carbons (Fsp3) is 0.467. The maximum absolute atomic E-state index is 5.38. The Labute approximate surface area is 119 Å². The maximum atomic E-state index is 5.38. The van der Waals surface area contributed by atoms with E-state index < -0.39 is 0 Å². The molecule has 1 aromatic heterocycles. The zero-order valence-corrected chi connectivity index (χ0v) is 12.0. The van der Waals surface area contributed by atoms with Gasteiger partial charge in [0.15, 0.2) is 11.6 Å². The first-order valence-corrected chi connectivity index (χ1v) is 7.07. The standard InChI is InChI=1S/C15H20N4O/c1-11(2)12-5-3-4-6-13(12)16-9-14-17-18-15-10-20-8-7-19(14)15/h3-6,11,16H,7-10H2,1-2H3. The fourth-order valence-electron chi connectivity index (χ4n) is 2.52. The molecule has 3 rings (SSSR count). The lowest BCUT2D eigenvalue weighted by atomic mass is 10.0. The van der Waals surface area contributed by atoms with Gasteiger partial charge in [0.25, 0.3) is 0 Å². The smallest absolute Gasteiger partial charge is 0.159 e. The SMILES string of the molecule is CC(C)c1ccccc1NCc1nnc2n1CCOC2. The lowest BCUT2D eigenvalue weighted by Gasteiger charge is -2.17. The van der Waals surface area contributed by atoms with Crippen LogP contribution in [0.1, 0.15) is 37.0 Å². The molecule has 5 nitrogen and oxygen atoms in total. The molecule has 0 atom stereocenters. The van der Waals surface area contributed by atoms with Crippen LogP contribution in [0.15, 0.2) is 24.3 Å². The molecule has 0 saturated carbocycles. The summed E-state index contributed by atoms with van der Waals surface area (Å²) in [5.41, 5.74) is 2.50. The van der Waals surface area contributed by atoms with Gasteiger partial charge >= 0.3 is 0 Å². The van der Waals surface area contributed by atoms with E-state index in [0.29, 0.717) is 19.1 Å². The third kappa shape index (κ3) is 2.54. The molecule has 2 heterocycles. The highest BCUT2D eigenvalue weighted by molar-refractivity contribution is 5.52. The van der Waals surface area contributed by atoms with Crippen molar-refractivity contribution in [3.63, 3.8) is 0 Å². The van der Waals surface area contributed by atoms with Gasteiger partial charge in [0.05, 0.1) is 13.2 Å². The van der Waals surface area contributed by atoms with Crippen LogP contribution in [-0.2, 0) is 24.4 Å². The largest absolute Gasteiger partial charge is 0.378 e. The number of hydrogen-bond donors (Lipinski definition) is 1. The third-order valence-corrected chi connectivity index (χ3v) is 3.61. The van der Waals surface area contributed by atoms with Crippen molar-refractivity contribution in [2.24, 2.45) is 0 Å². The molecule has 5 heteroatoms. The quantitative estimate of drug-likeness (QED) is 0.929. The van der Waals surface area contributed by atoms with E-state index in [4.69, 9.17) is 4.74 Å². The summed E-state index contributed by atoms with van der Waals surface area (Å²) in [6, 6.07) is 8.42. The number of benzene rings is 1. The first kappa shape index (κ1) is 13.1. The molecule has 1 aromatic carbocycles. The minimum Gasteiger partial charge on any atom is -0.378 e. The van der Waals surface area contributed by atoms with Crippen LogP contribution in [0, 0.1) is 0 Å². The number of fused-ring (bicyclic) bond motifs is 1. The van der Waals surface area contributed by atoms with Gasteiger partial charge in [-0.3, -0.25) is 0 Å². The number of nitrogens with zero attached hydrogens (tertiary/aromatic N) is 3. The highest BCUT2D eigenvalue weighted by atomic mass is 16.5. The van der Waals surface area contributed by atoms with Crippen LogP contribution in [-0.4, -0.2) is 21.4 Å². The minimum atomic E-state index is 0.499. The first-order chi connectivity index (χ1) is 9.75. The summed E-state index contributed by atoms with van der Waals surface area (Å²) in [5.74, 6) is 2.39. The van der Waals surface area contributed by atoms with E-state index in [-0.39, 0.29) is 0 Å². The van der Waals surface area contributed by atoms with Gasteiger partial charge in [-0.1, -0.05) is 32.0 Å². The Morgan fingerprint density at radius 2 is 2.15 bits per heavy atom. The van der Waals surface area contributed by atoms with Gasteiger partial charge in [0.2, 0.25) is 0 Å². The Bertz CT molecular complexity index is 591. The summed E-state index contributed by atoms with van der Waals surface area (Å²) >= 11 is 0. The maximum Gasteiger partial charge on any atom is 0.159 e. The molecule has 1 aliphatic heterocycles. The van der Waals surface area contributed by atoms with E-state index in [1.54, 1.807) is 0 Å². The molecule has 106 valence electrons.